The molecule has 0 atom stereocenters. The molecule has 0 aromatic rings. The molecule has 3 nitrogen and oxygen atoms in total. The zero-order valence-electron chi connectivity index (χ0n) is 7.66. The highest BCUT2D eigenvalue weighted by Crippen LogP contribution is 2.12. The first-order chi connectivity index (χ1) is 5.86. The zero-order valence-corrected chi connectivity index (χ0v) is 8.48. The van der Waals surface area contributed by atoms with Gasteiger partial charge in [0.1, 0.15) is 0 Å². The van der Waals surface area contributed by atoms with Gasteiger partial charge in [0, 0.05) is 25.4 Å². The van der Waals surface area contributed by atoms with Crippen molar-refractivity contribution in [2.75, 3.05) is 31.6 Å². The molecule has 0 aliphatic carbocycles. The number of thioether (sulfide) groups is 1. The summed E-state index contributed by atoms with van der Waals surface area (Å²) in [4.78, 5) is 7.29. The number of likely N-dealkylation sites (tertiary alicyclic amines) is 1. The number of rotatable bonds is 4. The van der Waals surface area contributed by atoms with Crippen LogP contribution in [0, 0.1) is 0 Å². The SMILES string of the molecule is CSCCN1CCC(ON)CC1. The van der Waals surface area contributed by atoms with Gasteiger partial charge in [0.15, 0.2) is 0 Å². The maximum Gasteiger partial charge on any atom is 0.0811 e. The van der Waals surface area contributed by atoms with Crippen LogP contribution in [0.2, 0.25) is 0 Å². The number of nitrogens with two attached hydrogens (primary N) is 1. The van der Waals surface area contributed by atoms with Gasteiger partial charge in [-0.2, -0.15) is 11.8 Å². The van der Waals surface area contributed by atoms with E-state index in [1.54, 1.807) is 0 Å². The summed E-state index contributed by atoms with van der Waals surface area (Å²) in [5, 5.41) is 0. The lowest BCUT2D eigenvalue weighted by Crippen LogP contribution is -2.39. The van der Waals surface area contributed by atoms with E-state index in [4.69, 9.17) is 10.7 Å². The molecule has 0 amide bonds. The standard InChI is InChI=1S/C8H18N2OS/c1-12-7-6-10-4-2-8(11-9)3-5-10/h8H,2-7,9H2,1H3. The molecule has 0 saturated carbocycles. The minimum absolute atomic E-state index is 0.301. The first kappa shape index (κ1) is 10.3. The average Bonchev–Trinajstić information content (AvgIpc) is 2.15. The van der Waals surface area contributed by atoms with Gasteiger partial charge in [0.05, 0.1) is 6.10 Å². The largest absolute Gasteiger partial charge is 0.302 e. The molecule has 72 valence electrons. The van der Waals surface area contributed by atoms with Crippen molar-refractivity contribution in [3.63, 3.8) is 0 Å². The van der Waals surface area contributed by atoms with Crippen molar-refractivity contribution in [1.82, 2.24) is 4.90 Å². The van der Waals surface area contributed by atoms with Crippen LogP contribution in [0.3, 0.4) is 0 Å². The van der Waals surface area contributed by atoms with Crippen molar-refractivity contribution < 1.29 is 4.84 Å². The molecule has 1 heterocycles. The first-order valence-electron chi connectivity index (χ1n) is 4.43. The normalized spacial score (nSPS) is 21.5. The lowest BCUT2D eigenvalue weighted by atomic mass is 10.1. The lowest BCUT2D eigenvalue weighted by molar-refractivity contribution is 0.00790. The highest BCUT2D eigenvalue weighted by molar-refractivity contribution is 7.98. The first-order valence-corrected chi connectivity index (χ1v) is 5.83. The fourth-order valence-electron chi connectivity index (χ4n) is 1.49. The van der Waals surface area contributed by atoms with Gasteiger partial charge >= 0.3 is 0 Å². The molecule has 1 aliphatic rings. The second-order valence-electron chi connectivity index (χ2n) is 3.17. The Morgan fingerprint density at radius 3 is 2.67 bits per heavy atom. The Kier molecular flexibility index (Phi) is 4.99. The molecule has 0 bridgehead atoms. The predicted octanol–water partition coefficient (Wildman–Crippen LogP) is 0.704. The summed E-state index contributed by atoms with van der Waals surface area (Å²) in [5.74, 6) is 6.36. The Hall–Kier alpha value is 0.230. The lowest BCUT2D eigenvalue weighted by Gasteiger charge is -2.30. The molecule has 0 aromatic heterocycles. The molecule has 2 N–H and O–H groups in total. The van der Waals surface area contributed by atoms with Crippen LogP contribution >= 0.6 is 11.8 Å². The molecule has 0 unspecified atom stereocenters. The van der Waals surface area contributed by atoms with Crippen LogP contribution in [0.5, 0.6) is 0 Å². The number of nitrogens with zero attached hydrogens (tertiary/aromatic N) is 1. The van der Waals surface area contributed by atoms with Gasteiger partial charge in [-0.3, -0.25) is 0 Å². The van der Waals surface area contributed by atoms with Gasteiger partial charge in [-0.25, -0.2) is 5.90 Å². The number of hydrogen-bond acceptors (Lipinski definition) is 4. The maximum atomic E-state index is 5.13. The van der Waals surface area contributed by atoms with E-state index in [1.165, 1.54) is 12.3 Å². The summed E-state index contributed by atoms with van der Waals surface area (Å²) < 4.78 is 0. The van der Waals surface area contributed by atoms with E-state index in [9.17, 15) is 0 Å². The van der Waals surface area contributed by atoms with Crippen molar-refractivity contribution in [2.24, 2.45) is 5.90 Å². The quantitative estimate of drug-likeness (QED) is 0.662. The summed E-state index contributed by atoms with van der Waals surface area (Å²) in [6.07, 6.45) is 4.63. The van der Waals surface area contributed by atoms with Crippen LogP contribution in [-0.2, 0) is 4.84 Å². The minimum Gasteiger partial charge on any atom is -0.302 e. The molecule has 12 heavy (non-hydrogen) atoms. The third-order valence-corrected chi connectivity index (χ3v) is 2.93. The smallest absolute Gasteiger partial charge is 0.0811 e. The van der Waals surface area contributed by atoms with Gasteiger partial charge < -0.3 is 9.74 Å². The molecular weight excluding hydrogens is 172 g/mol. The van der Waals surface area contributed by atoms with Crippen molar-refractivity contribution in [2.45, 2.75) is 18.9 Å². The van der Waals surface area contributed by atoms with Crippen molar-refractivity contribution in [3.05, 3.63) is 0 Å². The van der Waals surface area contributed by atoms with Crippen LogP contribution in [0.4, 0.5) is 0 Å². The molecule has 1 aliphatic heterocycles. The van der Waals surface area contributed by atoms with Crippen LogP contribution in [-0.4, -0.2) is 42.6 Å². The van der Waals surface area contributed by atoms with Gasteiger partial charge in [-0.15, -0.1) is 0 Å². The van der Waals surface area contributed by atoms with Crippen molar-refractivity contribution in [3.8, 4) is 0 Å². The highest BCUT2D eigenvalue weighted by Gasteiger charge is 2.18. The van der Waals surface area contributed by atoms with Crippen molar-refractivity contribution >= 4 is 11.8 Å². The number of piperidine rings is 1. The van der Waals surface area contributed by atoms with E-state index in [0.717, 1.165) is 25.9 Å². The Balaban J connectivity index is 2.09. The topological polar surface area (TPSA) is 38.5 Å². The fourth-order valence-corrected chi connectivity index (χ4v) is 1.93. The van der Waals surface area contributed by atoms with Gasteiger partial charge in [-0.05, 0) is 19.1 Å². The summed E-state index contributed by atoms with van der Waals surface area (Å²) in [6.45, 7) is 3.49. The van der Waals surface area contributed by atoms with Gasteiger partial charge in [0.25, 0.3) is 0 Å². The Morgan fingerprint density at radius 1 is 1.50 bits per heavy atom. The van der Waals surface area contributed by atoms with Crippen LogP contribution < -0.4 is 5.90 Å². The molecule has 1 saturated heterocycles. The number of hydrogen-bond donors (Lipinski definition) is 1. The summed E-state index contributed by atoms with van der Waals surface area (Å²) in [6, 6.07) is 0. The van der Waals surface area contributed by atoms with Crippen LogP contribution in [0.1, 0.15) is 12.8 Å². The molecule has 1 fully saturated rings. The summed E-state index contributed by atoms with van der Waals surface area (Å²) in [5.41, 5.74) is 0. The molecule has 1 rings (SSSR count). The summed E-state index contributed by atoms with van der Waals surface area (Å²) >= 11 is 1.90. The zero-order chi connectivity index (χ0) is 8.81. The van der Waals surface area contributed by atoms with E-state index in [0.29, 0.717) is 6.10 Å². The van der Waals surface area contributed by atoms with Gasteiger partial charge in [0.2, 0.25) is 0 Å². The van der Waals surface area contributed by atoms with E-state index >= 15 is 0 Å². The monoisotopic (exact) mass is 190 g/mol. The van der Waals surface area contributed by atoms with E-state index in [1.807, 2.05) is 11.8 Å². The highest BCUT2D eigenvalue weighted by atomic mass is 32.2. The Bertz CT molecular complexity index is 116. The second kappa shape index (κ2) is 5.80. The summed E-state index contributed by atoms with van der Waals surface area (Å²) in [7, 11) is 0. The predicted molar refractivity (Wildman–Crippen MR) is 53.1 cm³/mol. The Labute approximate surface area is 78.6 Å². The third-order valence-electron chi connectivity index (χ3n) is 2.34. The minimum atomic E-state index is 0.301. The van der Waals surface area contributed by atoms with E-state index in [2.05, 4.69) is 11.2 Å². The molecule has 0 radical (unpaired) electrons. The van der Waals surface area contributed by atoms with Crippen LogP contribution in [0.25, 0.3) is 0 Å². The fraction of sp³-hybridized carbons (Fsp3) is 1.00. The van der Waals surface area contributed by atoms with Crippen molar-refractivity contribution in [1.29, 1.82) is 0 Å². The third kappa shape index (κ3) is 3.31. The second-order valence-corrected chi connectivity index (χ2v) is 4.16. The van der Waals surface area contributed by atoms with Crippen LogP contribution in [0.15, 0.2) is 0 Å². The maximum absolute atomic E-state index is 5.13. The molecular formula is C8H18N2OS. The molecule has 4 heteroatoms. The van der Waals surface area contributed by atoms with Gasteiger partial charge in [-0.1, -0.05) is 0 Å². The van der Waals surface area contributed by atoms with E-state index in [-0.39, 0.29) is 0 Å². The molecule has 0 spiro atoms. The molecule has 0 aromatic carbocycles. The van der Waals surface area contributed by atoms with E-state index < -0.39 is 0 Å². The Morgan fingerprint density at radius 2 is 2.17 bits per heavy atom. The average molecular weight is 190 g/mol.